The van der Waals surface area contributed by atoms with Gasteiger partial charge < -0.3 is 30.2 Å². The molecule has 0 atom stereocenters. The molecule has 0 aliphatic carbocycles. The minimum absolute atomic E-state index is 0.0293. The first-order valence-electron chi connectivity index (χ1n) is 16.3. The number of rotatable bonds is 7. The summed E-state index contributed by atoms with van der Waals surface area (Å²) in [5.74, 6) is -3.84. The minimum atomic E-state index is -5.09. The smallest absolute Gasteiger partial charge is 0.419 e. The zero-order valence-electron chi connectivity index (χ0n) is 28.7. The van der Waals surface area contributed by atoms with Crippen LogP contribution in [0.2, 0.25) is 0 Å². The van der Waals surface area contributed by atoms with Gasteiger partial charge in [-0.3, -0.25) is 14.4 Å². The van der Waals surface area contributed by atoms with Crippen molar-refractivity contribution in [1.82, 2.24) is 4.90 Å². The maximum Gasteiger partial charge on any atom is 0.419 e. The fourth-order valence-corrected chi connectivity index (χ4v) is 7.35. The summed E-state index contributed by atoms with van der Waals surface area (Å²) in [7, 11) is 1.30. The van der Waals surface area contributed by atoms with Gasteiger partial charge in [0.1, 0.15) is 27.6 Å². The van der Waals surface area contributed by atoms with E-state index in [9.17, 15) is 50.2 Å². The van der Waals surface area contributed by atoms with Gasteiger partial charge in [0, 0.05) is 53.7 Å². The highest BCUT2D eigenvalue weighted by Crippen LogP contribution is 2.42. The number of nitrogens with one attached hydrogen (secondary N) is 2. The number of alkyl halides is 6. The van der Waals surface area contributed by atoms with Crippen LogP contribution in [0, 0.1) is 5.82 Å². The summed E-state index contributed by atoms with van der Waals surface area (Å²) in [6, 6.07) is 8.91. The van der Waals surface area contributed by atoms with Crippen molar-refractivity contribution in [3.05, 3.63) is 87.5 Å². The van der Waals surface area contributed by atoms with Gasteiger partial charge in [-0.05, 0) is 62.4 Å². The Balaban J connectivity index is 1.29. The Bertz CT molecular complexity index is 2180. The van der Waals surface area contributed by atoms with Crippen LogP contribution in [0.4, 0.5) is 42.1 Å². The molecule has 18 heteroatoms. The van der Waals surface area contributed by atoms with Crippen molar-refractivity contribution in [3.63, 3.8) is 0 Å². The largest absolute Gasteiger partial charge is 0.496 e. The molecule has 3 amide bonds. The Hall–Kier alpha value is -5.23. The predicted molar refractivity (Wildman–Crippen MR) is 184 cm³/mol. The molecule has 0 saturated carbocycles. The number of methoxy groups -OCH3 is 1. The molecule has 54 heavy (non-hydrogen) atoms. The highest BCUT2D eigenvalue weighted by molar-refractivity contribution is 7.21. The SMILES string of the molecule is COc1ccc(C2=NOC3(CCN(C(=O)C(C)(C)O)CC3)C2)cc1C(=O)Nc1c(C(=O)Nc2ccc(F)c(C(F)(F)F)c2)sc2cc(C(F)(F)F)ccc12. The number of carbonyl (C=O) groups is 3. The number of piperidine rings is 1. The van der Waals surface area contributed by atoms with E-state index in [1.165, 1.54) is 33.1 Å². The zero-order chi connectivity index (χ0) is 39.4. The molecular weight excluding hydrogens is 749 g/mol. The molecule has 286 valence electrons. The molecule has 2 aliphatic rings. The number of aliphatic hydroxyl groups is 1. The first-order valence-corrected chi connectivity index (χ1v) is 17.1. The molecule has 3 N–H and O–H groups in total. The van der Waals surface area contributed by atoms with Crippen molar-refractivity contribution in [2.75, 3.05) is 30.8 Å². The zero-order valence-corrected chi connectivity index (χ0v) is 29.5. The van der Waals surface area contributed by atoms with E-state index < -0.39 is 63.9 Å². The van der Waals surface area contributed by atoms with Crippen LogP contribution in [-0.2, 0) is 22.0 Å². The molecule has 4 aromatic rings. The van der Waals surface area contributed by atoms with E-state index in [0.717, 1.165) is 24.3 Å². The van der Waals surface area contributed by atoms with Crippen LogP contribution in [0.1, 0.15) is 69.8 Å². The molecule has 1 spiro atoms. The van der Waals surface area contributed by atoms with Crippen molar-refractivity contribution < 1.29 is 59.8 Å². The van der Waals surface area contributed by atoms with Gasteiger partial charge in [-0.2, -0.15) is 26.3 Å². The summed E-state index contributed by atoms with van der Waals surface area (Å²) in [4.78, 5) is 47.1. The average Bonchev–Trinajstić information content (AvgIpc) is 3.68. The van der Waals surface area contributed by atoms with Crippen molar-refractivity contribution in [1.29, 1.82) is 0 Å². The first kappa shape index (κ1) is 38.5. The Morgan fingerprint density at radius 3 is 2.26 bits per heavy atom. The highest BCUT2D eigenvalue weighted by atomic mass is 32.1. The van der Waals surface area contributed by atoms with Gasteiger partial charge in [-0.1, -0.05) is 11.2 Å². The van der Waals surface area contributed by atoms with Crippen molar-refractivity contribution in [2.45, 2.75) is 56.7 Å². The second-order valence-electron chi connectivity index (χ2n) is 13.4. The van der Waals surface area contributed by atoms with E-state index in [0.29, 0.717) is 67.1 Å². The third kappa shape index (κ3) is 7.70. The normalized spacial score (nSPS) is 15.9. The van der Waals surface area contributed by atoms with Crippen LogP contribution >= 0.6 is 11.3 Å². The lowest BCUT2D eigenvalue weighted by Crippen LogP contribution is -2.52. The number of nitrogens with zero attached hydrogens (tertiary/aromatic N) is 2. The van der Waals surface area contributed by atoms with Gasteiger partial charge in [0.15, 0.2) is 0 Å². The molecule has 3 heterocycles. The molecule has 1 saturated heterocycles. The van der Waals surface area contributed by atoms with Gasteiger partial charge in [0.25, 0.3) is 17.7 Å². The number of oxime groups is 1. The van der Waals surface area contributed by atoms with E-state index in [4.69, 9.17) is 9.57 Å². The molecule has 0 radical (unpaired) electrons. The fourth-order valence-electron chi connectivity index (χ4n) is 6.26. The molecule has 0 bridgehead atoms. The molecule has 2 aliphatic heterocycles. The Labute approximate surface area is 306 Å². The van der Waals surface area contributed by atoms with Crippen molar-refractivity contribution in [3.8, 4) is 5.75 Å². The molecule has 0 unspecified atom stereocenters. The molecular formula is C36H31F7N4O6S. The van der Waals surface area contributed by atoms with E-state index in [2.05, 4.69) is 15.8 Å². The van der Waals surface area contributed by atoms with Gasteiger partial charge in [-0.15, -0.1) is 11.3 Å². The fraction of sp³-hybridized carbons (Fsp3) is 0.333. The number of amides is 3. The summed E-state index contributed by atoms with van der Waals surface area (Å²) < 4.78 is 100. The third-order valence-corrected chi connectivity index (χ3v) is 10.2. The van der Waals surface area contributed by atoms with Crippen LogP contribution in [0.15, 0.2) is 59.8 Å². The van der Waals surface area contributed by atoms with Gasteiger partial charge in [0.2, 0.25) is 0 Å². The number of likely N-dealkylation sites (tertiary alicyclic amines) is 1. The second-order valence-corrected chi connectivity index (χ2v) is 14.4. The van der Waals surface area contributed by atoms with E-state index in [1.807, 2.05) is 0 Å². The number of anilines is 2. The Morgan fingerprint density at radius 2 is 1.63 bits per heavy atom. The number of thiophene rings is 1. The summed E-state index contributed by atoms with van der Waals surface area (Å²) in [5.41, 5.74) is -4.76. The lowest BCUT2D eigenvalue weighted by molar-refractivity contribution is -0.153. The minimum Gasteiger partial charge on any atom is -0.496 e. The number of hydrogen-bond acceptors (Lipinski definition) is 8. The number of halogens is 7. The van der Waals surface area contributed by atoms with Gasteiger partial charge in [-0.25, -0.2) is 4.39 Å². The third-order valence-electron chi connectivity index (χ3n) is 9.09. The van der Waals surface area contributed by atoms with E-state index >= 15 is 0 Å². The average molecular weight is 781 g/mol. The first-order chi connectivity index (χ1) is 25.2. The van der Waals surface area contributed by atoms with Gasteiger partial charge in [0.05, 0.1) is 35.2 Å². The maximum atomic E-state index is 13.9. The number of fused-ring (bicyclic) bond motifs is 1. The van der Waals surface area contributed by atoms with E-state index in [-0.39, 0.29) is 32.0 Å². The number of ether oxygens (including phenoxy) is 1. The highest BCUT2D eigenvalue weighted by Gasteiger charge is 2.45. The van der Waals surface area contributed by atoms with Crippen LogP contribution in [0.3, 0.4) is 0 Å². The quantitative estimate of drug-likeness (QED) is 0.164. The van der Waals surface area contributed by atoms with Crippen LogP contribution in [-0.4, -0.2) is 64.8 Å². The number of carbonyl (C=O) groups excluding carboxylic acids is 3. The molecule has 10 nitrogen and oxygen atoms in total. The summed E-state index contributed by atoms with van der Waals surface area (Å²) >= 11 is 0.552. The molecule has 6 rings (SSSR count). The Morgan fingerprint density at radius 1 is 0.926 bits per heavy atom. The number of hydrogen-bond donors (Lipinski definition) is 3. The number of benzene rings is 3. The van der Waals surface area contributed by atoms with Crippen molar-refractivity contribution >= 4 is 56.2 Å². The van der Waals surface area contributed by atoms with Crippen LogP contribution < -0.4 is 15.4 Å². The van der Waals surface area contributed by atoms with Crippen molar-refractivity contribution in [2.24, 2.45) is 5.16 Å². The van der Waals surface area contributed by atoms with Crippen LogP contribution in [0.25, 0.3) is 10.1 Å². The predicted octanol–water partition coefficient (Wildman–Crippen LogP) is 7.85. The summed E-state index contributed by atoms with van der Waals surface area (Å²) in [6.07, 6.45) is -8.67. The lowest BCUT2D eigenvalue weighted by Gasteiger charge is -2.39. The lowest BCUT2D eigenvalue weighted by atomic mass is 9.85. The van der Waals surface area contributed by atoms with Gasteiger partial charge >= 0.3 is 12.4 Å². The molecule has 1 fully saturated rings. The Kier molecular flexibility index (Phi) is 9.89. The van der Waals surface area contributed by atoms with E-state index in [1.54, 1.807) is 11.0 Å². The van der Waals surface area contributed by atoms with Crippen LogP contribution in [0.5, 0.6) is 5.75 Å². The molecule has 1 aromatic heterocycles. The standard InChI is InChI=1S/C36H31F7N4O6S/c1-33(2,51)32(50)47-12-10-34(11-13-47)17-25(46-53-34)18-4-9-26(52-3)22(14-18)30(48)45-28-21-7-5-19(35(38,39)40)15-27(21)54-29(28)31(49)44-20-6-8-24(37)23(16-20)36(41,42)43/h4-9,14-16,51H,10-13,17H2,1-3H3,(H,44,49)(H,45,48). The maximum absolute atomic E-state index is 13.9. The second kappa shape index (κ2) is 13.9. The summed E-state index contributed by atoms with van der Waals surface area (Å²) in [6.45, 7) is 3.46. The summed E-state index contributed by atoms with van der Waals surface area (Å²) in [5, 5.41) is 19.2. The monoisotopic (exact) mass is 780 g/mol. The topological polar surface area (TPSA) is 130 Å². The molecule has 3 aromatic carbocycles.